The molecule has 0 saturated heterocycles. The molecule has 0 aliphatic carbocycles. The van der Waals surface area contributed by atoms with E-state index in [1.165, 1.54) is 18.2 Å². The van der Waals surface area contributed by atoms with Crippen molar-refractivity contribution in [2.24, 2.45) is 0 Å². The van der Waals surface area contributed by atoms with Crippen molar-refractivity contribution in [1.82, 2.24) is 0 Å². The summed E-state index contributed by atoms with van der Waals surface area (Å²) in [5.41, 5.74) is -4.19. The maximum Gasteiger partial charge on any atom is 0.466 e. The van der Waals surface area contributed by atoms with Crippen LogP contribution in [0.1, 0.15) is 0 Å². The van der Waals surface area contributed by atoms with Gasteiger partial charge in [0, 0.05) is 7.11 Å². The predicted octanol–water partition coefficient (Wildman–Crippen LogP) is 1.66. The highest BCUT2D eigenvalue weighted by atomic mass is 32.2. The standard InChI is InChI=1S/C8H8F2O3S/c1-13-8(9,10)14(11,12)7-5-3-2-4-6-7/h2-6H,1H3. The molecule has 0 aromatic heterocycles. The monoisotopic (exact) mass is 222 g/mol. The van der Waals surface area contributed by atoms with Crippen LogP contribution in [-0.2, 0) is 14.6 Å². The molecule has 6 heteroatoms. The van der Waals surface area contributed by atoms with Crippen LogP contribution < -0.4 is 0 Å². The van der Waals surface area contributed by atoms with E-state index >= 15 is 0 Å². The molecule has 0 spiro atoms. The summed E-state index contributed by atoms with van der Waals surface area (Å²) in [6, 6.07) is 6.42. The third kappa shape index (κ3) is 1.76. The number of alkyl halides is 2. The summed E-state index contributed by atoms with van der Waals surface area (Å²) in [6.45, 7) is 0. The Bertz CT molecular complexity index is 400. The largest absolute Gasteiger partial charge is 0.466 e. The Kier molecular flexibility index (Phi) is 2.86. The molecule has 1 aromatic rings. The van der Waals surface area contributed by atoms with Gasteiger partial charge >= 0.3 is 5.44 Å². The van der Waals surface area contributed by atoms with Gasteiger partial charge in [-0.25, -0.2) is 8.42 Å². The third-order valence-corrected chi connectivity index (χ3v) is 3.29. The number of ether oxygens (including phenoxy) is 1. The minimum absolute atomic E-state index is 0.466. The van der Waals surface area contributed by atoms with Gasteiger partial charge in [-0.1, -0.05) is 18.2 Å². The van der Waals surface area contributed by atoms with Gasteiger partial charge < -0.3 is 4.74 Å². The first kappa shape index (κ1) is 11.1. The first-order chi connectivity index (χ1) is 6.42. The van der Waals surface area contributed by atoms with Gasteiger partial charge in [-0.3, -0.25) is 0 Å². The van der Waals surface area contributed by atoms with Gasteiger partial charge in [0.2, 0.25) is 0 Å². The van der Waals surface area contributed by atoms with Crippen molar-refractivity contribution in [3.05, 3.63) is 30.3 Å². The molecule has 0 unspecified atom stereocenters. The van der Waals surface area contributed by atoms with Crippen molar-refractivity contribution in [3.8, 4) is 0 Å². The molecule has 0 atom stereocenters. The number of sulfone groups is 1. The second-order valence-electron chi connectivity index (χ2n) is 2.48. The Hall–Kier alpha value is -1.01. The van der Waals surface area contributed by atoms with E-state index in [-0.39, 0.29) is 0 Å². The number of rotatable bonds is 3. The number of hydrogen-bond donors (Lipinski definition) is 0. The number of halogens is 2. The third-order valence-electron chi connectivity index (χ3n) is 1.60. The van der Waals surface area contributed by atoms with Crippen LogP contribution in [0.3, 0.4) is 0 Å². The minimum Gasteiger partial charge on any atom is -0.311 e. The van der Waals surface area contributed by atoms with E-state index in [9.17, 15) is 17.2 Å². The van der Waals surface area contributed by atoms with Gasteiger partial charge in [0.25, 0.3) is 9.84 Å². The Morgan fingerprint density at radius 2 is 1.71 bits per heavy atom. The summed E-state index contributed by atoms with van der Waals surface area (Å²) >= 11 is 0. The zero-order valence-electron chi connectivity index (χ0n) is 7.28. The first-order valence-electron chi connectivity index (χ1n) is 3.64. The highest BCUT2D eigenvalue weighted by molar-refractivity contribution is 7.92. The molecule has 0 saturated carbocycles. The highest BCUT2D eigenvalue weighted by Gasteiger charge is 2.46. The molecule has 0 heterocycles. The zero-order chi connectivity index (χ0) is 10.8. The molecule has 78 valence electrons. The Morgan fingerprint density at radius 3 is 2.14 bits per heavy atom. The van der Waals surface area contributed by atoms with Gasteiger partial charge in [0.1, 0.15) is 0 Å². The second kappa shape index (κ2) is 3.62. The molecule has 0 radical (unpaired) electrons. The van der Waals surface area contributed by atoms with Gasteiger partial charge in [-0.05, 0) is 12.1 Å². The Labute approximate surface area is 80.2 Å². The first-order valence-corrected chi connectivity index (χ1v) is 5.13. The molecule has 0 amide bonds. The Morgan fingerprint density at radius 1 is 1.21 bits per heavy atom. The van der Waals surface area contributed by atoms with Gasteiger partial charge in [0.15, 0.2) is 0 Å². The van der Waals surface area contributed by atoms with Crippen LogP contribution in [0.2, 0.25) is 0 Å². The SMILES string of the molecule is COC(F)(F)S(=O)(=O)c1ccccc1. The summed E-state index contributed by atoms with van der Waals surface area (Å²) in [5.74, 6) is 0. The fourth-order valence-electron chi connectivity index (χ4n) is 0.847. The van der Waals surface area contributed by atoms with Crippen molar-refractivity contribution in [1.29, 1.82) is 0 Å². The van der Waals surface area contributed by atoms with E-state index in [1.54, 1.807) is 0 Å². The molecule has 0 aliphatic heterocycles. The zero-order valence-corrected chi connectivity index (χ0v) is 8.09. The normalized spacial score (nSPS) is 12.8. The van der Waals surface area contributed by atoms with Crippen molar-refractivity contribution in [3.63, 3.8) is 0 Å². The molecule has 1 aromatic carbocycles. The fraction of sp³-hybridized carbons (Fsp3) is 0.250. The van der Waals surface area contributed by atoms with Crippen LogP contribution in [0.5, 0.6) is 0 Å². The van der Waals surface area contributed by atoms with Crippen LogP contribution >= 0.6 is 0 Å². The van der Waals surface area contributed by atoms with Crippen molar-refractivity contribution in [2.45, 2.75) is 10.3 Å². The van der Waals surface area contributed by atoms with Gasteiger partial charge in [0.05, 0.1) is 4.90 Å². The molecule has 0 bridgehead atoms. The number of methoxy groups -OCH3 is 1. The molecule has 0 N–H and O–H groups in total. The average molecular weight is 222 g/mol. The topological polar surface area (TPSA) is 43.4 Å². The van der Waals surface area contributed by atoms with Crippen LogP contribution in [-0.4, -0.2) is 21.0 Å². The van der Waals surface area contributed by atoms with E-state index in [0.29, 0.717) is 7.11 Å². The maximum absolute atomic E-state index is 12.8. The summed E-state index contributed by atoms with van der Waals surface area (Å²) in [5, 5.41) is 0. The maximum atomic E-state index is 12.8. The molecule has 3 nitrogen and oxygen atoms in total. The summed E-state index contributed by atoms with van der Waals surface area (Å²) < 4.78 is 51.7. The van der Waals surface area contributed by atoms with Crippen molar-refractivity contribution < 1.29 is 21.9 Å². The lowest BCUT2D eigenvalue weighted by atomic mass is 10.4. The van der Waals surface area contributed by atoms with Crippen LogP contribution in [0, 0.1) is 0 Å². The summed E-state index contributed by atoms with van der Waals surface area (Å²) in [6.07, 6.45) is 0. The number of hydrogen-bond acceptors (Lipinski definition) is 3. The average Bonchev–Trinajstić information content (AvgIpc) is 2.19. The quantitative estimate of drug-likeness (QED) is 0.781. The van der Waals surface area contributed by atoms with Gasteiger partial charge in [-0.2, -0.15) is 8.78 Å². The molecule has 0 fully saturated rings. The van der Waals surface area contributed by atoms with E-state index < -0.39 is 20.2 Å². The summed E-state index contributed by atoms with van der Waals surface area (Å²) in [4.78, 5) is -0.466. The predicted molar refractivity (Wildman–Crippen MR) is 45.6 cm³/mol. The van der Waals surface area contributed by atoms with Crippen molar-refractivity contribution >= 4 is 9.84 Å². The van der Waals surface area contributed by atoms with Crippen LogP contribution in [0.25, 0.3) is 0 Å². The number of benzene rings is 1. The molecule has 0 aliphatic rings. The van der Waals surface area contributed by atoms with Crippen LogP contribution in [0.15, 0.2) is 35.2 Å². The van der Waals surface area contributed by atoms with E-state index in [0.717, 1.165) is 12.1 Å². The van der Waals surface area contributed by atoms with Crippen molar-refractivity contribution in [2.75, 3.05) is 7.11 Å². The second-order valence-corrected chi connectivity index (χ2v) is 4.44. The van der Waals surface area contributed by atoms with E-state index in [4.69, 9.17) is 0 Å². The molecular weight excluding hydrogens is 214 g/mol. The summed E-state index contributed by atoms with van der Waals surface area (Å²) in [7, 11) is -4.10. The van der Waals surface area contributed by atoms with Gasteiger partial charge in [-0.15, -0.1) is 0 Å². The highest BCUT2D eigenvalue weighted by Crippen LogP contribution is 2.28. The molecule has 14 heavy (non-hydrogen) atoms. The fourth-order valence-corrected chi connectivity index (χ4v) is 1.86. The minimum atomic E-state index is -4.74. The lowest BCUT2D eigenvalue weighted by Gasteiger charge is -2.13. The smallest absolute Gasteiger partial charge is 0.311 e. The lowest BCUT2D eigenvalue weighted by Crippen LogP contribution is -2.30. The van der Waals surface area contributed by atoms with E-state index in [2.05, 4.69) is 4.74 Å². The lowest BCUT2D eigenvalue weighted by molar-refractivity contribution is -0.148. The Balaban J connectivity index is 3.23. The molecule has 1 rings (SSSR count). The molecular formula is C8H8F2O3S. The van der Waals surface area contributed by atoms with Crippen LogP contribution in [0.4, 0.5) is 8.78 Å². The van der Waals surface area contributed by atoms with E-state index in [1.807, 2.05) is 0 Å².